The second-order valence-electron chi connectivity index (χ2n) is 7.81. The quantitative estimate of drug-likeness (QED) is 0.467. The van der Waals surface area contributed by atoms with Gasteiger partial charge in [0.2, 0.25) is 0 Å². The number of rotatable bonds is 8. The van der Waals surface area contributed by atoms with Crippen molar-refractivity contribution in [1.82, 2.24) is 15.1 Å². The number of aliphatic carboxylic acids is 1. The number of carbonyl (C=O) groups is 3. The molecule has 10 heteroatoms. The number of nitrogens with one attached hydrogen (secondary N) is 2. The zero-order chi connectivity index (χ0) is 24.2. The van der Waals surface area contributed by atoms with Crippen molar-refractivity contribution >= 4 is 23.8 Å². The third kappa shape index (κ3) is 4.62. The Morgan fingerprint density at radius 1 is 1.09 bits per heavy atom. The van der Waals surface area contributed by atoms with Crippen LogP contribution in [0.15, 0.2) is 54.6 Å². The number of hydrogen-bond donors (Lipinski definition) is 3. The summed E-state index contributed by atoms with van der Waals surface area (Å²) in [5, 5.41) is 18.1. The molecule has 0 spiro atoms. The third-order valence-corrected chi connectivity index (χ3v) is 5.62. The number of ether oxygens (including phenoxy) is 2. The van der Waals surface area contributed by atoms with E-state index in [-0.39, 0.29) is 30.6 Å². The molecular weight excluding hydrogens is 440 g/mol. The largest absolute Gasteiger partial charge is 0.480 e. The van der Waals surface area contributed by atoms with Gasteiger partial charge < -0.3 is 19.9 Å². The summed E-state index contributed by atoms with van der Waals surface area (Å²) >= 11 is 0. The topological polar surface area (TPSA) is 132 Å². The van der Waals surface area contributed by atoms with E-state index in [2.05, 4.69) is 27.9 Å². The first kappa shape index (κ1) is 23.0. The maximum absolute atomic E-state index is 12.5. The van der Waals surface area contributed by atoms with Gasteiger partial charge in [0.1, 0.15) is 12.3 Å². The molecule has 4 rings (SSSR count). The van der Waals surface area contributed by atoms with Crippen LogP contribution < -0.4 is 10.6 Å². The molecule has 176 valence electrons. The first-order valence-corrected chi connectivity index (χ1v) is 10.6. The molecule has 0 bridgehead atoms. The van der Waals surface area contributed by atoms with E-state index in [1.807, 2.05) is 36.4 Å². The van der Waals surface area contributed by atoms with Crippen LogP contribution in [0, 0.1) is 0 Å². The fourth-order valence-electron chi connectivity index (χ4n) is 4.05. The van der Waals surface area contributed by atoms with Crippen LogP contribution >= 0.6 is 0 Å². The summed E-state index contributed by atoms with van der Waals surface area (Å²) in [6.45, 7) is -0.0544. The number of benzene rings is 2. The molecule has 3 N–H and O–H groups in total. The van der Waals surface area contributed by atoms with Gasteiger partial charge in [0, 0.05) is 26.1 Å². The fourth-order valence-corrected chi connectivity index (χ4v) is 4.05. The molecule has 34 heavy (non-hydrogen) atoms. The maximum atomic E-state index is 12.5. The number of amides is 2. The fraction of sp³-hybridized carbons (Fsp3) is 0.250. The summed E-state index contributed by atoms with van der Waals surface area (Å²) in [6.07, 6.45) is -0.713. The highest BCUT2D eigenvalue weighted by Crippen LogP contribution is 2.44. The van der Waals surface area contributed by atoms with Gasteiger partial charge in [0.15, 0.2) is 11.9 Å². The van der Waals surface area contributed by atoms with E-state index in [4.69, 9.17) is 9.47 Å². The minimum absolute atomic E-state index is 0.0660. The Bertz CT molecular complexity index is 1190. The lowest BCUT2D eigenvalue weighted by atomic mass is 9.98. The normalized spacial score (nSPS) is 13.0. The number of carbonyl (C=O) groups excluding carboxylic acids is 2. The molecule has 10 nitrogen and oxygen atoms in total. The van der Waals surface area contributed by atoms with Crippen molar-refractivity contribution in [3.63, 3.8) is 0 Å². The Hall–Kier alpha value is -4.18. The standard InChI is InChI=1S/C24H24N4O6/c1-28-20(22(29)25-19(13-33-2)23(30)31)11-21(27-28)26-24(32)34-12-18-16-9-5-3-7-14(16)15-8-4-6-10-17(15)18/h3-11,18-19H,12-13H2,1-2H3,(H,25,29)(H,30,31)(H,26,27,32)/t19-/m0/s1. The lowest BCUT2D eigenvalue weighted by Gasteiger charge is -2.14. The van der Waals surface area contributed by atoms with Gasteiger partial charge in [0.25, 0.3) is 5.91 Å². The minimum Gasteiger partial charge on any atom is -0.480 e. The van der Waals surface area contributed by atoms with E-state index in [1.54, 1.807) is 0 Å². The van der Waals surface area contributed by atoms with Gasteiger partial charge in [-0.05, 0) is 22.3 Å². The van der Waals surface area contributed by atoms with E-state index < -0.39 is 24.0 Å². The first-order chi connectivity index (χ1) is 16.4. The van der Waals surface area contributed by atoms with Gasteiger partial charge in [-0.2, -0.15) is 5.10 Å². The molecule has 0 aliphatic heterocycles. The number of aromatic nitrogens is 2. The molecule has 0 fully saturated rings. The summed E-state index contributed by atoms with van der Waals surface area (Å²) in [6, 6.07) is 16.2. The van der Waals surface area contributed by atoms with Crippen molar-refractivity contribution in [3.05, 3.63) is 71.4 Å². The average molecular weight is 464 g/mol. The smallest absolute Gasteiger partial charge is 0.412 e. The highest BCUT2D eigenvalue weighted by Gasteiger charge is 2.29. The van der Waals surface area contributed by atoms with Crippen molar-refractivity contribution in [3.8, 4) is 11.1 Å². The lowest BCUT2D eigenvalue weighted by molar-refractivity contribution is -0.140. The number of carboxylic acid groups (broad SMARTS) is 1. The Labute approximate surface area is 195 Å². The Kier molecular flexibility index (Phi) is 6.60. The Balaban J connectivity index is 1.40. The third-order valence-electron chi connectivity index (χ3n) is 5.62. The summed E-state index contributed by atoms with van der Waals surface area (Å²) in [4.78, 5) is 36.1. The van der Waals surface area contributed by atoms with Crippen LogP contribution in [-0.4, -0.2) is 59.2 Å². The van der Waals surface area contributed by atoms with Gasteiger partial charge in [-0.1, -0.05) is 48.5 Å². The van der Waals surface area contributed by atoms with E-state index in [0.29, 0.717) is 0 Å². The number of methoxy groups -OCH3 is 1. The van der Waals surface area contributed by atoms with Crippen molar-refractivity contribution < 1.29 is 29.0 Å². The minimum atomic E-state index is -1.23. The highest BCUT2D eigenvalue weighted by atomic mass is 16.5. The zero-order valence-corrected chi connectivity index (χ0v) is 18.6. The molecule has 1 aliphatic carbocycles. The van der Waals surface area contributed by atoms with Gasteiger partial charge in [-0.3, -0.25) is 14.8 Å². The number of fused-ring (bicyclic) bond motifs is 3. The molecule has 1 heterocycles. The van der Waals surface area contributed by atoms with Crippen LogP contribution in [0.2, 0.25) is 0 Å². The number of hydrogen-bond acceptors (Lipinski definition) is 6. The van der Waals surface area contributed by atoms with Crippen LogP contribution in [0.4, 0.5) is 10.6 Å². The van der Waals surface area contributed by atoms with Gasteiger partial charge in [-0.15, -0.1) is 0 Å². The number of aryl methyl sites for hydroxylation is 1. The predicted octanol–water partition coefficient (Wildman–Crippen LogP) is 2.61. The zero-order valence-electron chi connectivity index (χ0n) is 18.6. The number of anilines is 1. The molecule has 3 aromatic rings. The molecule has 0 radical (unpaired) electrons. The van der Waals surface area contributed by atoms with Gasteiger partial charge in [-0.25, -0.2) is 9.59 Å². The first-order valence-electron chi connectivity index (χ1n) is 10.6. The van der Waals surface area contributed by atoms with Crippen LogP contribution in [0.3, 0.4) is 0 Å². The van der Waals surface area contributed by atoms with Crippen molar-refractivity contribution in [2.75, 3.05) is 25.6 Å². The van der Waals surface area contributed by atoms with Crippen LogP contribution in [-0.2, 0) is 21.3 Å². The van der Waals surface area contributed by atoms with Crippen molar-refractivity contribution in [2.24, 2.45) is 7.05 Å². The molecular formula is C24H24N4O6. The molecule has 0 saturated carbocycles. The summed E-state index contributed by atoms with van der Waals surface area (Å²) < 4.78 is 11.5. The van der Waals surface area contributed by atoms with E-state index >= 15 is 0 Å². The molecule has 2 amide bonds. The second kappa shape index (κ2) is 9.75. The van der Waals surface area contributed by atoms with Gasteiger partial charge in [0.05, 0.1) is 6.61 Å². The predicted molar refractivity (Wildman–Crippen MR) is 123 cm³/mol. The van der Waals surface area contributed by atoms with E-state index in [9.17, 15) is 19.5 Å². The summed E-state index contributed by atoms with van der Waals surface area (Å²) in [5.74, 6) is -1.88. The molecule has 2 aromatic carbocycles. The second-order valence-corrected chi connectivity index (χ2v) is 7.81. The van der Waals surface area contributed by atoms with Crippen molar-refractivity contribution in [1.29, 1.82) is 0 Å². The molecule has 1 aromatic heterocycles. The summed E-state index contributed by atoms with van der Waals surface area (Å²) in [7, 11) is 2.84. The lowest BCUT2D eigenvalue weighted by Crippen LogP contribution is -2.44. The van der Waals surface area contributed by atoms with Gasteiger partial charge >= 0.3 is 12.1 Å². The molecule has 1 aliphatic rings. The number of carboxylic acids is 1. The van der Waals surface area contributed by atoms with E-state index in [0.717, 1.165) is 22.3 Å². The average Bonchev–Trinajstić information content (AvgIpc) is 3.34. The Morgan fingerprint density at radius 2 is 1.71 bits per heavy atom. The van der Waals surface area contributed by atoms with Crippen molar-refractivity contribution in [2.45, 2.75) is 12.0 Å². The highest BCUT2D eigenvalue weighted by molar-refractivity contribution is 5.96. The van der Waals surface area contributed by atoms with Crippen LogP contribution in [0.25, 0.3) is 11.1 Å². The Morgan fingerprint density at radius 3 is 2.29 bits per heavy atom. The van der Waals surface area contributed by atoms with Crippen LogP contribution in [0.5, 0.6) is 0 Å². The SMILES string of the molecule is COC[C@H](NC(=O)c1cc(NC(=O)OCC2c3ccccc3-c3ccccc32)nn1C)C(=O)O. The monoisotopic (exact) mass is 464 g/mol. The number of nitrogens with zero attached hydrogens (tertiary/aromatic N) is 2. The summed E-state index contributed by atoms with van der Waals surface area (Å²) in [5.41, 5.74) is 4.51. The molecule has 1 atom stereocenters. The maximum Gasteiger partial charge on any atom is 0.412 e. The van der Waals surface area contributed by atoms with E-state index in [1.165, 1.54) is 24.9 Å². The molecule has 0 saturated heterocycles. The van der Waals surface area contributed by atoms with Crippen LogP contribution in [0.1, 0.15) is 27.5 Å². The molecule has 0 unspecified atom stereocenters.